The van der Waals surface area contributed by atoms with Gasteiger partial charge in [-0.2, -0.15) is 5.10 Å². The van der Waals surface area contributed by atoms with Crippen LogP contribution in [0, 0.1) is 0 Å². The molecule has 0 bridgehead atoms. The lowest BCUT2D eigenvalue weighted by molar-refractivity contribution is 0.203. The van der Waals surface area contributed by atoms with Gasteiger partial charge in [0.2, 0.25) is 0 Å². The number of unbranched alkanes of at least 4 members (excludes halogenated alkanes) is 1. The molecule has 1 aliphatic heterocycles. The van der Waals surface area contributed by atoms with Crippen LogP contribution in [-0.4, -0.2) is 52.9 Å². The van der Waals surface area contributed by atoms with Gasteiger partial charge in [-0.3, -0.25) is 0 Å². The van der Waals surface area contributed by atoms with E-state index in [4.69, 9.17) is 4.99 Å². The summed E-state index contributed by atoms with van der Waals surface area (Å²) in [5.41, 5.74) is 2.25. The second-order valence-electron chi connectivity index (χ2n) is 7.43. The predicted octanol–water partition coefficient (Wildman–Crippen LogP) is 3.81. The second kappa shape index (κ2) is 12.8. The summed E-state index contributed by atoms with van der Waals surface area (Å²) in [6.07, 6.45) is 8.70. The van der Waals surface area contributed by atoms with Crippen LogP contribution in [0.4, 0.5) is 0 Å². The summed E-state index contributed by atoms with van der Waals surface area (Å²) in [5, 5.41) is 11.3. The Morgan fingerprint density at radius 2 is 2.03 bits per heavy atom. The van der Waals surface area contributed by atoms with Gasteiger partial charge in [-0.1, -0.05) is 25.5 Å². The molecule has 1 saturated heterocycles. The van der Waals surface area contributed by atoms with E-state index in [-0.39, 0.29) is 24.0 Å². The fourth-order valence-corrected chi connectivity index (χ4v) is 3.59. The number of guanidine groups is 1. The lowest BCUT2D eigenvalue weighted by atomic mass is 10.0. The summed E-state index contributed by atoms with van der Waals surface area (Å²) < 4.78 is 1.88. The Bertz CT molecular complexity index is 723. The van der Waals surface area contributed by atoms with Gasteiger partial charge in [0, 0.05) is 38.1 Å². The van der Waals surface area contributed by atoms with Gasteiger partial charge in [-0.15, -0.1) is 24.0 Å². The number of halogens is 1. The molecule has 160 valence electrons. The first kappa shape index (κ1) is 23.7. The Labute approximate surface area is 192 Å². The third-order valence-electron chi connectivity index (χ3n) is 5.20. The van der Waals surface area contributed by atoms with Gasteiger partial charge in [-0.25, -0.2) is 9.67 Å². The Morgan fingerprint density at radius 1 is 1.21 bits per heavy atom. The third-order valence-corrected chi connectivity index (χ3v) is 5.20. The highest BCUT2D eigenvalue weighted by molar-refractivity contribution is 14.0. The van der Waals surface area contributed by atoms with Gasteiger partial charge in [0.25, 0.3) is 0 Å². The Hall–Kier alpha value is -1.61. The molecule has 0 amide bonds. The summed E-state index contributed by atoms with van der Waals surface area (Å²) >= 11 is 0. The molecule has 1 fully saturated rings. The first-order valence-corrected chi connectivity index (χ1v) is 10.6. The Kier molecular flexibility index (Phi) is 10.5. The predicted molar refractivity (Wildman–Crippen MR) is 131 cm³/mol. The molecule has 0 unspecified atom stereocenters. The zero-order chi connectivity index (χ0) is 19.6. The number of piperidine rings is 1. The molecule has 0 saturated carbocycles. The summed E-state index contributed by atoms with van der Waals surface area (Å²) in [5.74, 6) is 0.916. The van der Waals surface area contributed by atoms with Crippen LogP contribution in [0.25, 0.3) is 5.69 Å². The molecular formula is C22H35IN6. The van der Waals surface area contributed by atoms with Crippen LogP contribution in [0.15, 0.2) is 47.7 Å². The molecule has 1 aliphatic rings. The molecule has 0 atom stereocenters. The number of aromatic nitrogens is 2. The number of likely N-dealkylation sites (tertiary alicyclic amines) is 1. The zero-order valence-corrected chi connectivity index (χ0v) is 20.0. The van der Waals surface area contributed by atoms with Gasteiger partial charge in [-0.05, 0) is 56.5 Å². The standard InChI is InChI=1S/C22H34N6.HI/c1-3-5-13-27-15-10-20(11-16-27)26-22(23-4-2)24-18-19-8-6-9-21(17-19)28-14-7-12-25-28;/h6-9,12,14,17,20H,3-5,10-11,13,15-16,18H2,1-2H3,(H2,23,24,26);1H. The van der Waals surface area contributed by atoms with Crippen molar-refractivity contribution in [2.24, 2.45) is 4.99 Å². The van der Waals surface area contributed by atoms with Crippen molar-refractivity contribution in [3.63, 3.8) is 0 Å². The normalized spacial score (nSPS) is 15.7. The minimum atomic E-state index is 0. The van der Waals surface area contributed by atoms with E-state index >= 15 is 0 Å². The van der Waals surface area contributed by atoms with Crippen LogP contribution >= 0.6 is 24.0 Å². The summed E-state index contributed by atoms with van der Waals surface area (Å²) in [7, 11) is 0. The molecule has 3 rings (SSSR count). The monoisotopic (exact) mass is 510 g/mol. The van der Waals surface area contributed by atoms with Crippen molar-refractivity contribution in [1.82, 2.24) is 25.3 Å². The maximum Gasteiger partial charge on any atom is 0.191 e. The van der Waals surface area contributed by atoms with E-state index in [0.717, 1.165) is 18.2 Å². The zero-order valence-electron chi connectivity index (χ0n) is 17.7. The number of nitrogens with zero attached hydrogens (tertiary/aromatic N) is 4. The maximum absolute atomic E-state index is 4.82. The van der Waals surface area contributed by atoms with Crippen LogP contribution in [0.3, 0.4) is 0 Å². The number of benzene rings is 1. The highest BCUT2D eigenvalue weighted by Gasteiger charge is 2.19. The van der Waals surface area contributed by atoms with Crippen molar-refractivity contribution >= 4 is 29.9 Å². The molecular weight excluding hydrogens is 475 g/mol. The molecule has 1 aromatic heterocycles. The number of rotatable bonds is 8. The topological polar surface area (TPSA) is 57.5 Å². The van der Waals surface area contributed by atoms with E-state index in [9.17, 15) is 0 Å². The minimum Gasteiger partial charge on any atom is -0.357 e. The summed E-state index contributed by atoms with van der Waals surface area (Å²) in [4.78, 5) is 7.41. The molecule has 2 aromatic rings. The van der Waals surface area contributed by atoms with Crippen molar-refractivity contribution in [2.75, 3.05) is 26.2 Å². The van der Waals surface area contributed by atoms with Crippen molar-refractivity contribution in [2.45, 2.75) is 52.1 Å². The Morgan fingerprint density at radius 3 is 2.72 bits per heavy atom. The van der Waals surface area contributed by atoms with Gasteiger partial charge in [0.1, 0.15) is 0 Å². The number of aliphatic imine (C=N–C) groups is 1. The first-order valence-electron chi connectivity index (χ1n) is 10.6. The smallest absolute Gasteiger partial charge is 0.191 e. The van der Waals surface area contributed by atoms with Crippen LogP contribution in [0.1, 0.15) is 45.1 Å². The molecule has 2 N–H and O–H groups in total. The fourth-order valence-electron chi connectivity index (χ4n) is 3.59. The number of nitrogens with one attached hydrogen (secondary N) is 2. The van der Waals surface area contributed by atoms with Gasteiger partial charge in [0.05, 0.1) is 12.2 Å². The van der Waals surface area contributed by atoms with Crippen LogP contribution < -0.4 is 10.6 Å². The quantitative estimate of drug-likeness (QED) is 0.322. The lowest BCUT2D eigenvalue weighted by Crippen LogP contribution is -2.48. The fraction of sp³-hybridized carbons (Fsp3) is 0.545. The lowest BCUT2D eigenvalue weighted by Gasteiger charge is -2.33. The number of hydrogen-bond donors (Lipinski definition) is 2. The minimum absolute atomic E-state index is 0. The van der Waals surface area contributed by atoms with Crippen LogP contribution in [0.5, 0.6) is 0 Å². The van der Waals surface area contributed by atoms with E-state index in [1.54, 1.807) is 6.20 Å². The summed E-state index contributed by atoms with van der Waals surface area (Å²) in [6, 6.07) is 10.8. The van der Waals surface area contributed by atoms with Gasteiger partial charge >= 0.3 is 0 Å². The molecule has 7 heteroatoms. The van der Waals surface area contributed by atoms with Crippen molar-refractivity contribution < 1.29 is 0 Å². The summed E-state index contributed by atoms with van der Waals surface area (Å²) in [6.45, 7) is 9.51. The third kappa shape index (κ3) is 7.62. The molecule has 0 radical (unpaired) electrons. The average molecular weight is 510 g/mol. The van der Waals surface area contributed by atoms with Gasteiger partial charge < -0.3 is 15.5 Å². The van der Waals surface area contributed by atoms with E-state index in [1.807, 2.05) is 16.9 Å². The van der Waals surface area contributed by atoms with Crippen molar-refractivity contribution in [1.29, 1.82) is 0 Å². The van der Waals surface area contributed by atoms with E-state index in [0.29, 0.717) is 12.6 Å². The number of hydrogen-bond acceptors (Lipinski definition) is 3. The molecule has 0 aliphatic carbocycles. The van der Waals surface area contributed by atoms with E-state index < -0.39 is 0 Å². The van der Waals surface area contributed by atoms with Gasteiger partial charge in [0.15, 0.2) is 5.96 Å². The molecule has 6 nitrogen and oxygen atoms in total. The molecule has 2 heterocycles. The van der Waals surface area contributed by atoms with Crippen molar-refractivity contribution in [3.05, 3.63) is 48.3 Å². The molecule has 0 spiro atoms. The average Bonchev–Trinajstić information content (AvgIpc) is 3.27. The second-order valence-corrected chi connectivity index (χ2v) is 7.43. The van der Waals surface area contributed by atoms with Crippen LogP contribution in [0.2, 0.25) is 0 Å². The van der Waals surface area contributed by atoms with Crippen molar-refractivity contribution in [3.8, 4) is 5.69 Å². The highest BCUT2D eigenvalue weighted by Crippen LogP contribution is 2.12. The molecule has 29 heavy (non-hydrogen) atoms. The SMILES string of the molecule is CCCCN1CCC(NC(=NCc2cccc(-n3cccn3)c2)NCC)CC1.I. The van der Waals surface area contributed by atoms with Crippen LogP contribution in [-0.2, 0) is 6.54 Å². The molecule has 1 aromatic carbocycles. The highest BCUT2D eigenvalue weighted by atomic mass is 127. The Balaban J connectivity index is 0.00000300. The first-order chi connectivity index (χ1) is 13.8. The largest absolute Gasteiger partial charge is 0.357 e. The van der Waals surface area contributed by atoms with E-state index in [1.165, 1.54) is 50.9 Å². The van der Waals surface area contributed by atoms with E-state index in [2.05, 4.69) is 58.7 Å². The maximum atomic E-state index is 4.82.